The first-order chi connectivity index (χ1) is 9.17. The number of piperidine rings is 1. The molecule has 2 atom stereocenters. The number of likely N-dealkylation sites (tertiary alicyclic amines) is 1. The van der Waals surface area contributed by atoms with Crippen molar-refractivity contribution < 1.29 is 4.74 Å². The van der Waals surface area contributed by atoms with Crippen LogP contribution in [-0.4, -0.2) is 47.3 Å². The first-order valence-electron chi connectivity index (χ1n) is 7.16. The fourth-order valence-corrected chi connectivity index (χ4v) is 2.90. The smallest absolute Gasteiger partial charge is 0.0951 e. The maximum Gasteiger partial charge on any atom is 0.0951 e. The number of aromatic nitrogens is 2. The zero-order chi connectivity index (χ0) is 13.8. The Kier molecular flexibility index (Phi) is 4.96. The summed E-state index contributed by atoms with van der Waals surface area (Å²) in [6.07, 6.45) is 6.51. The van der Waals surface area contributed by atoms with E-state index in [1.54, 1.807) is 7.11 Å². The van der Waals surface area contributed by atoms with Gasteiger partial charge >= 0.3 is 0 Å². The van der Waals surface area contributed by atoms with Crippen molar-refractivity contribution in [1.29, 1.82) is 0 Å². The van der Waals surface area contributed by atoms with Crippen LogP contribution in [-0.2, 0) is 4.74 Å². The normalized spacial score (nSPS) is 22.9. The van der Waals surface area contributed by atoms with Gasteiger partial charge < -0.3 is 15.0 Å². The fourth-order valence-electron chi connectivity index (χ4n) is 2.90. The standard InChI is InChI=1S/C14H26N4O/c1-11(2)18-10-16-8-14(18)13(7-15)17-6-4-5-12(9-17)19-3/h8,10-13H,4-7,9,15H2,1-3H3. The first kappa shape index (κ1) is 14.5. The number of nitrogens with two attached hydrogens (primary N) is 1. The molecule has 1 aromatic heterocycles. The average molecular weight is 266 g/mol. The van der Waals surface area contributed by atoms with E-state index in [0.717, 1.165) is 19.5 Å². The molecule has 2 unspecified atom stereocenters. The molecule has 0 spiro atoms. The van der Waals surface area contributed by atoms with Gasteiger partial charge in [-0.1, -0.05) is 0 Å². The van der Waals surface area contributed by atoms with E-state index in [9.17, 15) is 0 Å². The highest BCUT2D eigenvalue weighted by Gasteiger charge is 2.28. The number of nitrogens with zero attached hydrogens (tertiary/aromatic N) is 3. The molecule has 0 saturated carbocycles. The summed E-state index contributed by atoms with van der Waals surface area (Å²) in [6.45, 7) is 7.02. The average Bonchev–Trinajstić information content (AvgIpc) is 2.89. The molecule has 0 amide bonds. The van der Waals surface area contributed by atoms with Crippen LogP contribution < -0.4 is 5.73 Å². The highest BCUT2D eigenvalue weighted by molar-refractivity contribution is 5.08. The molecule has 5 heteroatoms. The second-order valence-corrected chi connectivity index (χ2v) is 5.57. The largest absolute Gasteiger partial charge is 0.380 e. The number of ether oxygens (including phenoxy) is 1. The van der Waals surface area contributed by atoms with Crippen LogP contribution in [0.25, 0.3) is 0 Å². The zero-order valence-electron chi connectivity index (χ0n) is 12.2. The Morgan fingerprint density at radius 3 is 2.95 bits per heavy atom. The zero-order valence-corrected chi connectivity index (χ0v) is 12.2. The molecule has 0 aliphatic carbocycles. The fraction of sp³-hybridized carbons (Fsp3) is 0.786. The predicted octanol–water partition coefficient (Wildman–Crippen LogP) is 1.57. The van der Waals surface area contributed by atoms with Crippen molar-refractivity contribution in [2.45, 2.75) is 44.9 Å². The third-order valence-corrected chi connectivity index (χ3v) is 4.00. The van der Waals surface area contributed by atoms with E-state index in [4.69, 9.17) is 10.5 Å². The van der Waals surface area contributed by atoms with Crippen molar-refractivity contribution >= 4 is 0 Å². The van der Waals surface area contributed by atoms with Crippen LogP contribution >= 0.6 is 0 Å². The number of imidazole rings is 1. The van der Waals surface area contributed by atoms with E-state index in [-0.39, 0.29) is 6.04 Å². The molecule has 2 heterocycles. The van der Waals surface area contributed by atoms with E-state index in [2.05, 4.69) is 28.3 Å². The summed E-state index contributed by atoms with van der Waals surface area (Å²) in [5.41, 5.74) is 7.24. The van der Waals surface area contributed by atoms with Crippen LogP contribution in [0.5, 0.6) is 0 Å². The molecule has 1 fully saturated rings. The van der Waals surface area contributed by atoms with Crippen molar-refractivity contribution in [1.82, 2.24) is 14.5 Å². The molecule has 0 radical (unpaired) electrons. The van der Waals surface area contributed by atoms with Gasteiger partial charge in [0.05, 0.1) is 24.2 Å². The lowest BCUT2D eigenvalue weighted by Crippen LogP contribution is -2.44. The van der Waals surface area contributed by atoms with Crippen LogP contribution in [0.3, 0.4) is 0 Å². The SMILES string of the molecule is COC1CCCN(C(CN)c2cncn2C(C)C)C1. The first-order valence-corrected chi connectivity index (χ1v) is 7.16. The van der Waals surface area contributed by atoms with Gasteiger partial charge in [-0.25, -0.2) is 4.98 Å². The van der Waals surface area contributed by atoms with Gasteiger partial charge in [0.25, 0.3) is 0 Å². The monoisotopic (exact) mass is 266 g/mol. The Balaban J connectivity index is 2.17. The van der Waals surface area contributed by atoms with Gasteiger partial charge in [0.1, 0.15) is 0 Å². The van der Waals surface area contributed by atoms with Gasteiger partial charge in [-0.3, -0.25) is 4.90 Å². The summed E-state index contributed by atoms with van der Waals surface area (Å²) in [5, 5.41) is 0. The summed E-state index contributed by atoms with van der Waals surface area (Å²) < 4.78 is 7.72. The molecule has 1 aliphatic rings. The van der Waals surface area contributed by atoms with E-state index >= 15 is 0 Å². The lowest BCUT2D eigenvalue weighted by Gasteiger charge is -2.37. The van der Waals surface area contributed by atoms with Crippen LogP contribution in [0.15, 0.2) is 12.5 Å². The summed E-state index contributed by atoms with van der Waals surface area (Å²) in [6, 6.07) is 0.650. The number of hydrogen-bond acceptors (Lipinski definition) is 4. The Morgan fingerprint density at radius 1 is 1.53 bits per heavy atom. The van der Waals surface area contributed by atoms with Gasteiger partial charge in [0.2, 0.25) is 0 Å². The van der Waals surface area contributed by atoms with Crippen LogP contribution in [0, 0.1) is 0 Å². The third kappa shape index (κ3) is 3.16. The van der Waals surface area contributed by atoms with Gasteiger partial charge in [-0.05, 0) is 33.2 Å². The van der Waals surface area contributed by atoms with Crippen molar-refractivity contribution in [2.75, 3.05) is 26.7 Å². The molecule has 1 aromatic rings. The molecule has 19 heavy (non-hydrogen) atoms. The van der Waals surface area contributed by atoms with Crippen LogP contribution in [0.1, 0.15) is 44.5 Å². The molecule has 2 N–H and O–H groups in total. The van der Waals surface area contributed by atoms with E-state index in [1.165, 1.54) is 12.1 Å². The lowest BCUT2D eigenvalue weighted by molar-refractivity contribution is 0.0141. The van der Waals surface area contributed by atoms with Crippen molar-refractivity contribution in [3.8, 4) is 0 Å². The molecule has 5 nitrogen and oxygen atoms in total. The Morgan fingerprint density at radius 2 is 2.32 bits per heavy atom. The molecule has 1 saturated heterocycles. The second kappa shape index (κ2) is 6.50. The Bertz CT molecular complexity index is 391. The number of methoxy groups -OCH3 is 1. The predicted molar refractivity (Wildman–Crippen MR) is 76.0 cm³/mol. The van der Waals surface area contributed by atoms with Gasteiger partial charge in [-0.15, -0.1) is 0 Å². The number of rotatable bonds is 5. The highest BCUT2D eigenvalue weighted by atomic mass is 16.5. The molecule has 108 valence electrons. The minimum Gasteiger partial charge on any atom is -0.380 e. The summed E-state index contributed by atoms with van der Waals surface area (Å²) >= 11 is 0. The molecule has 1 aliphatic heterocycles. The molecular weight excluding hydrogens is 240 g/mol. The summed E-state index contributed by atoms with van der Waals surface area (Å²) in [5.74, 6) is 0. The highest BCUT2D eigenvalue weighted by Crippen LogP contribution is 2.26. The Labute approximate surface area is 115 Å². The van der Waals surface area contributed by atoms with Crippen LogP contribution in [0.2, 0.25) is 0 Å². The van der Waals surface area contributed by atoms with E-state index in [0.29, 0.717) is 18.7 Å². The maximum atomic E-state index is 6.03. The number of hydrogen-bond donors (Lipinski definition) is 1. The minimum atomic E-state index is 0.239. The third-order valence-electron chi connectivity index (χ3n) is 4.00. The van der Waals surface area contributed by atoms with Gasteiger partial charge in [0, 0.05) is 32.4 Å². The molecule has 2 rings (SSSR count). The summed E-state index contributed by atoms with van der Waals surface area (Å²) in [7, 11) is 1.80. The topological polar surface area (TPSA) is 56.3 Å². The molecular formula is C14H26N4O. The summed E-state index contributed by atoms with van der Waals surface area (Å²) in [4.78, 5) is 6.73. The lowest BCUT2D eigenvalue weighted by atomic mass is 10.0. The Hall–Kier alpha value is -0.910. The minimum absolute atomic E-state index is 0.239. The van der Waals surface area contributed by atoms with Crippen molar-refractivity contribution in [3.63, 3.8) is 0 Å². The second-order valence-electron chi connectivity index (χ2n) is 5.57. The van der Waals surface area contributed by atoms with Gasteiger partial charge in [-0.2, -0.15) is 0 Å². The van der Waals surface area contributed by atoms with Crippen molar-refractivity contribution in [2.24, 2.45) is 5.73 Å². The van der Waals surface area contributed by atoms with Crippen LogP contribution in [0.4, 0.5) is 0 Å². The van der Waals surface area contributed by atoms with Gasteiger partial charge in [0.15, 0.2) is 0 Å². The van der Waals surface area contributed by atoms with Crippen molar-refractivity contribution in [3.05, 3.63) is 18.2 Å². The maximum absolute atomic E-state index is 6.03. The van der Waals surface area contributed by atoms with E-state index < -0.39 is 0 Å². The van der Waals surface area contributed by atoms with E-state index in [1.807, 2.05) is 12.5 Å². The quantitative estimate of drug-likeness (QED) is 0.879. The molecule has 0 aromatic carbocycles. The molecule has 0 bridgehead atoms.